The number of nitrogens with zero attached hydrogens (tertiary/aromatic N) is 1. The molecule has 1 aliphatic rings. The van der Waals surface area contributed by atoms with Crippen LogP contribution in [0.2, 0.25) is 0 Å². The van der Waals surface area contributed by atoms with Crippen molar-refractivity contribution in [3.63, 3.8) is 0 Å². The molecule has 29 heavy (non-hydrogen) atoms. The zero-order chi connectivity index (χ0) is 20.2. The van der Waals surface area contributed by atoms with E-state index in [9.17, 15) is 9.59 Å². The first-order chi connectivity index (χ1) is 14.2. The number of methoxy groups -OCH3 is 1. The highest BCUT2D eigenvalue weighted by Crippen LogP contribution is 2.35. The number of rotatable bonds is 6. The van der Waals surface area contributed by atoms with Crippen LogP contribution in [-0.4, -0.2) is 23.9 Å². The molecule has 1 aliphatic carbocycles. The normalized spacial score (nSPS) is 14.7. The Hall–Kier alpha value is -3.08. The van der Waals surface area contributed by atoms with Gasteiger partial charge in [0.25, 0.3) is 0 Å². The van der Waals surface area contributed by atoms with Gasteiger partial charge in [-0.25, -0.2) is 4.79 Å². The first kappa shape index (κ1) is 19.2. The van der Waals surface area contributed by atoms with Gasteiger partial charge in [0.15, 0.2) is 5.75 Å². The fourth-order valence-corrected chi connectivity index (χ4v) is 4.24. The molecular weight excluding hydrogens is 366 g/mol. The van der Waals surface area contributed by atoms with E-state index < -0.39 is 5.97 Å². The van der Waals surface area contributed by atoms with E-state index >= 15 is 0 Å². The third kappa shape index (κ3) is 4.19. The molecule has 0 bridgehead atoms. The summed E-state index contributed by atoms with van der Waals surface area (Å²) in [4.78, 5) is 22.5. The van der Waals surface area contributed by atoms with Crippen LogP contribution in [0.25, 0.3) is 22.0 Å². The van der Waals surface area contributed by atoms with E-state index in [1.807, 2.05) is 36.5 Å². The van der Waals surface area contributed by atoms with Crippen LogP contribution in [0.1, 0.15) is 32.1 Å². The number of aldehydes is 1. The molecule has 1 aromatic heterocycles. The maximum Gasteiger partial charge on any atom is 0.376 e. The number of aromatic nitrogens is 1. The van der Waals surface area contributed by atoms with Crippen molar-refractivity contribution in [2.45, 2.75) is 38.6 Å². The lowest BCUT2D eigenvalue weighted by atomic mass is 9.89. The molecule has 0 radical (unpaired) electrons. The molecule has 5 heteroatoms. The number of hydrogen-bond acceptors (Lipinski definition) is 4. The van der Waals surface area contributed by atoms with Crippen LogP contribution in [-0.2, 0) is 16.1 Å². The summed E-state index contributed by atoms with van der Waals surface area (Å²) in [5.74, 6) is 0.990. The molecule has 0 saturated heterocycles. The van der Waals surface area contributed by atoms with Gasteiger partial charge in [-0.2, -0.15) is 0 Å². The third-order valence-electron chi connectivity index (χ3n) is 5.75. The first-order valence-corrected chi connectivity index (χ1v) is 10.1. The van der Waals surface area contributed by atoms with Gasteiger partial charge in [-0.15, -0.1) is 0 Å². The maximum atomic E-state index is 11.6. The predicted octanol–water partition coefficient (Wildman–Crippen LogP) is 5.00. The van der Waals surface area contributed by atoms with Crippen molar-refractivity contribution >= 4 is 23.2 Å². The highest BCUT2D eigenvalue weighted by atomic mass is 16.5. The lowest BCUT2D eigenvalue weighted by molar-refractivity contribution is -0.141. The van der Waals surface area contributed by atoms with E-state index in [2.05, 4.69) is 16.7 Å². The quantitative estimate of drug-likeness (QED) is 0.337. The summed E-state index contributed by atoms with van der Waals surface area (Å²) in [7, 11) is 1.64. The van der Waals surface area contributed by atoms with Crippen LogP contribution in [0.3, 0.4) is 0 Å². The lowest BCUT2D eigenvalue weighted by Crippen LogP contribution is -2.13. The molecule has 0 aliphatic heterocycles. The van der Waals surface area contributed by atoms with E-state index in [1.54, 1.807) is 7.11 Å². The highest BCUT2D eigenvalue weighted by Gasteiger charge is 2.18. The number of carbonyl (C=O) groups excluding carboxylic acids is 2. The van der Waals surface area contributed by atoms with Crippen molar-refractivity contribution in [3.8, 4) is 22.6 Å². The number of fused-ring (bicyclic) bond motifs is 1. The van der Waals surface area contributed by atoms with Gasteiger partial charge in [0, 0.05) is 18.1 Å². The Morgan fingerprint density at radius 3 is 2.48 bits per heavy atom. The molecule has 5 nitrogen and oxygen atoms in total. The van der Waals surface area contributed by atoms with Crippen molar-refractivity contribution < 1.29 is 19.1 Å². The van der Waals surface area contributed by atoms with Crippen molar-refractivity contribution in [2.24, 2.45) is 5.92 Å². The van der Waals surface area contributed by atoms with Crippen LogP contribution in [0.4, 0.5) is 0 Å². The van der Waals surface area contributed by atoms with E-state index in [1.165, 1.54) is 32.1 Å². The van der Waals surface area contributed by atoms with Crippen LogP contribution in [0.5, 0.6) is 11.5 Å². The van der Waals surface area contributed by atoms with Crippen molar-refractivity contribution in [2.75, 3.05) is 7.11 Å². The Morgan fingerprint density at radius 2 is 1.79 bits per heavy atom. The topological polar surface area (TPSA) is 57.5 Å². The Kier molecular flexibility index (Phi) is 5.65. The fourth-order valence-electron chi connectivity index (χ4n) is 4.24. The van der Waals surface area contributed by atoms with E-state index in [0.29, 0.717) is 11.7 Å². The third-order valence-corrected chi connectivity index (χ3v) is 5.75. The molecule has 1 saturated carbocycles. The molecule has 4 rings (SSSR count). The van der Waals surface area contributed by atoms with Gasteiger partial charge in [-0.05, 0) is 54.2 Å². The lowest BCUT2D eigenvalue weighted by Gasteiger charge is -2.22. The molecular formula is C24H25NO4. The van der Waals surface area contributed by atoms with E-state index in [0.717, 1.165) is 34.3 Å². The van der Waals surface area contributed by atoms with Crippen LogP contribution < -0.4 is 9.47 Å². The maximum absolute atomic E-state index is 11.6. The smallest absolute Gasteiger partial charge is 0.376 e. The summed E-state index contributed by atoms with van der Waals surface area (Å²) >= 11 is 0. The molecule has 3 aromatic rings. The standard InChI is InChI=1S/C24H25NO4/c1-28-20-10-7-18(8-11-20)19-9-12-22-21(13-19)23(29-24(27)16-26)15-25(22)14-17-5-3-2-4-6-17/h7-13,15-17H,2-6,14H2,1H3. The van der Waals surface area contributed by atoms with Crippen LogP contribution in [0.15, 0.2) is 48.7 Å². The Balaban J connectivity index is 1.72. The van der Waals surface area contributed by atoms with Gasteiger partial charge < -0.3 is 14.0 Å². The van der Waals surface area contributed by atoms with Crippen LogP contribution >= 0.6 is 0 Å². The number of benzene rings is 2. The summed E-state index contributed by atoms with van der Waals surface area (Å²) in [5, 5.41) is 0.837. The Morgan fingerprint density at radius 1 is 1.07 bits per heavy atom. The summed E-state index contributed by atoms with van der Waals surface area (Å²) in [6.07, 6.45) is 8.39. The number of carbonyl (C=O) groups is 2. The molecule has 0 amide bonds. The first-order valence-electron chi connectivity index (χ1n) is 10.1. The molecule has 1 heterocycles. The fraction of sp³-hybridized carbons (Fsp3) is 0.333. The summed E-state index contributed by atoms with van der Waals surface area (Å²) in [6, 6.07) is 14.0. The monoisotopic (exact) mass is 391 g/mol. The number of esters is 1. The van der Waals surface area contributed by atoms with Gasteiger partial charge in [-0.3, -0.25) is 4.79 Å². The molecule has 2 aromatic carbocycles. The van der Waals surface area contributed by atoms with Crippen LogP contribution in [0, 0.1) is 5.92 Å². The van der Waals surface area contributed by atoms with E-state index in [4.69, 9.17) is 9.47 Å². The molecule has 0 spiro atoms. The minimum atomic E-state index is -0.878. The van der Waals surface area contributed by atoms with Crippen molar-refractivity contribution in [1.82, 2.24) is 4.57 Å². The predicted molar refractivity (Wildman–Crippen MR) is 112 cm³/mol. The second kappa shape index (κ2) is 8.52. The Bertz CT molecular complexity index is 1010. The second-order valence-electron chi connectivity index (χ2n) is 7.65. The molecule has 1 fully saturated rings. The SMILES string of the molecule is COc1ccc(-c2ccc3c(c2)c(OC(=O)C=O)cn3CC2CCCCC2)cc1. The number of ether oxygens (including phenoxy) is 2. The zero-order valence-corrected chi connectivity index (χ0v) is 16.6. The van der Waals surface area contributed by atoms with Crippen molar-refractivity contribution in [1.29, 1.82) is 0 Å². The molecule has 150 valence electrons. The number of hydrogen-bond donors (Lipinski definition) is 0. The highest BCUT2D eigenvalue weighted by molar-refractivity contribution is 6.21. The van der Waals surface area contributed by atoms with E-state index in [-0.39, 0.29) is 6.29 Å². The van der Waals surface area contributed by atoms with Gasteiger partial charge in [0.05, 0.1) is 12.6 Å². The molecule has 0 unspecified atom stereocenters. The average Bonchev–Trinajstić information content (AvgIpc) is 3.10. The summed E-state index contributed by atoms with van der Waals surface area (Å²) in [6.45, 7) is 0.900. The minimum Gasteiger partial charge on any atom is -0.497 e. The van der Waals surface area contributed by atoms with Gasteiger partial charge in [-0.1, -0.05) is 37.5 Å². The molecule has 0 atom stereocenters. The minimum absolute atomic E-state index is 0.206. The van der Waals surface area contributed by atoms with Gasteiger partial charge in [0.2, 0.25) is 6.29 Å². The summed E-state index contributed by atoms with van der Waals surface area (Å²) in [5.41, 5.74) is 3.07. The van der Waals surface area contributed by atoms with Gasteiger partial charge >= 0.3 is 5.97 Å². The van der Waals surface area contributed by atoms with Gasteiger partial charge in [0.1, 0.15) is 5.75 Å². The molecule has 0 N–H and O–H groups in total. The zero-order valence-electron chi connectivity index (χ0n) is 16.6. The van der Waals surface area contributed by atoms with Crippen molar-refractivity contribution in [3.05, 3.63) is 48.7 Å². The Labute approximate surface area is 170 Å². The average molecular weight is 391 g/mol. The largest absolute Gasteiger partial charge is 0.497 e. The second-order valence-corrected chi connectivity index (χ2v) is 7.65. The summed E-state index contributed by atoms with van der Waals surface area (Å²) < 4.78 is 12.7.